The number of nitrogens with zero attached hydrogens (tertiary/aromatic N) is 5. The number of hydrogen-bond acceptors (Lipinski definition) is 7. The highest BCUT2D eigenvalue weighted by atomic mass is 35.5. The molecule has 43 heavy (non-hydrogen) atoms. The molecule has 1 atom stereocenters. The lowest BCUT2D eigenvalue weighted by atomic mass is 9.93. The van der Waals surface area contributed by atoms with Gasteiger partial charge in [-0.15, -0.1) is 0 Å². The Kier molecular flexibility index (Phi) is 7.69. The molecule has 0 aliphatic carbocycles. The van der Waals surface area contributed by atoms with Crippen LogP contribution in [0.5, 0.6) is 5.88 Å². The number of carbonyl (C=O) groups is 1. The van der Waals surface area contributed by atoms with Crippen molar-refractivity contribution >= 4 is 39.5 Å². The zero-order valence-corrected chi connectivity index (χ0v) is 24.4. The van der Waals surface area contributed by atoms with E-state index in [1.165, 1.54) is 0 Å². The lowest BCUT2D eigenvalue weighted by molar-refractivity contribution is -0.0592. The van der Waals surface area contributed by atoms with Crippen LogP contribution in [-0.2, 0) is 24.4 Å². The van der Waals surface area contributed by atoms with Crippen LogP contribution in [-0.4, -0.2) is 61.3 Å². The van der Waals surface area contributed by atoms with Gasteiger partial charge in [-0.25, -0.2) is 14.8 Å². The Morgan fingerprint density at radius 2 is 1.91 bits per heavy atom. The minimum atomic E-state index is -0.934. The fraction of sp³-hybridized carbons (Fsp3) is 0.333. The Morgan fingerprint density at radius 3 is 2.70 bits per heavy atom. The summed E-state index contributed by atoms with van der Waals surface area (Å²) in [6.45, 7) is 4.33. The zero-order valence-electron chi connectivity index (χ0n) is 23.7. The SMILES string of the molecule is O=C(O)c1ccc2nc(CN3CCC(c4cccc(OCc5cc(Cl)cc6cccnc56)n4)CC3)n(C[C@@H]3CCO3)c2c1. The second-order valence-corrected chi connectivity index (χ2v) is 11.7. The van der Waals surface area contributed by atoms with E-state index < -0.39 is 5.97 Å². The number of hydrogen-bond donors (Lipinski definition) is 1. The van der Waals surface area contributed by atoms with E-state index in [0.29, 0.717) is 36.5 Å². The molecule has 0 spiro atoms. The zero-order chi connectivity index (χ0) is 29.3. The Bertz CT molecular complexity index is 1800. The van der Waals surface area contributed by atoms with Gasteiger partial charge in [0.1, 0.15) is 12.4 Å². The number of fused-ring (bicyclic) bond motifs is 2. The van der Waals surface area contributed by atoms with E-state index in [-0.39, 0.29) is 11.7 Å². The summed E-state index contributed by atoms with van der Waals surface area (Å²) in [6, 6.07) is 18.8. The number of aromatic nitrogens is 4. The molecule has 0 radical (unpaired) electrons. The van der Waals surface area contributed by atoms with Gasteiger partial charge in [0.2, 0.25) is 5.88 Å². The molecule has 7 rings (SSSR count). The normalized spacial score (nSPS) is 17.7. The number of aromatic carboxylic acids is 1. The van der Waals surface area contributed by atoms with E-state index in [0.717, 1.165) is 78.0 Å². The third kappa shape index (κ3) is 5.93. The fourth-order valence-corrected chi connectivity index (χ4v) is 6.33. The molecule has 2 aliphatic rings. The molecule has 10 heteroatoms. The molecule has 9 nitrogen and oxygen atoms in total. The fourth-order valence-electron chi connectivity index (χ4n) is 6.08. The van der Waals surface area contributed by atoms with E-state index in [1.54, 1.807) is 24.4 Å². The molecule has 3 aromatic heterocycles. The van der Waals surface area contributed by atoms with E-state index in [9.17, 15) is 9.90 Å². The van der Waals surface area contributed by atoms with Gasteiger partial charge in [-0.1, -0.05) is 23.7 Å². The molecule has 5 heterocycles. The third-order valence-corrected chi connectivity index (χ3v) is 8.71. The van der Waals surface area contributed by atoms with Crippen LogP contribution in [0, 0.1) is 0 Å². The summed E-state index contributed by atoms with van der Waals surface area (Å²) in [5.74, 6) is 0.949. The third-order valence-electron chi connectivity index (χ3n) is 8.49. The number of imidazole rings is 1. The van der Waals surface area contributed by atoms with Crippen LogP contribution >= 0.6 is 11.6 Å². The maximum atomic E-state index is 11.6. The first-order valence-electron chi connectivity index (χ1n) is 14.7. The van der Waals surface area contributed by atoms with Crippen LogP contribution in [0.1, 0.15) is 52.6 Å². The van der Waals surface area contributed by atoms with Crippen molar-refractivity contribution in [3.05, 3.63) is 94.5 Å². The number of pyridine rings is 2. The van der Waals surface area contributed by atoms with Crippen LogP contribution in [0.3, 0.4) is 0 Å². The Balaban J connectivity index is 1.02. The largest absolute Gasteiger partial charge is 0.478 e. The summed E-state index contributed by atoms with van der Waals surface area (Å²) in [6.07, 6.45) is 4.89. The Labute approximate surface area is 254 Å². The molecule has 0 unspecified atom stereocenters. The van der Waals surface area contributed by atoms with Crippen LogP contribution < -0.4 is 4.74 Å². The monoisotopic (exact) mass is 597 g/mol. The average molecular weight is 598 g/mol. The number of halogens is 1. The van der Waals surface area contributed by atoms with Crippen molar-refractivity contribution in [1.82, 2.24) is 24.4 Å². The summed E-state index contributed by atoms with van der Waals surface area (Å²) >= 11 is 6.34. The minimum Gasteiger partial charge on any atom is -0.478 e. The number of piperidine rings is 1. The predicted octanol–water partition coefficient (Wildman–Crippen LogP) is 6.08. The summed E-state index contributed by atoms with van der Waals surface area (Å²) in [5, 5.41) is 11.2. The molecule has 2 aliphatic heterocycles. The molecule has 2 aromatic carbocycles. The highest BCUT2D eigenvalue weighted by Crippen LogP contribution is 2.30. The number of likely N-dealkylation sites (tertiary alicyclic amines) is 1. The van der Waals surface area contributed by atoms with Crippen LogP contribution in [0.15, 0.2) is 66.9 Å². The number of carboxylic acid groups (broad SMARTS) is 1. The number of rotatable bonds is 9. The van der Waals surface area contributed by atoms with Crippen molar-refractivity contribution in [2.45, 2.75) is 51.0 Å². The highest BCUT2D eigenvalue weighted by Gasteiger charge is 2.26. The molecule has 2 saturated heterocycles. The topological polar surface area (TPSA) is 103 Å². The number of carboxylic acids is 1. The first-order chi connectivity index (χ1) is 21.0. The summed E-state index contributed by atoms with van der Waals surface area (Å²) in [4.78, 5) is 28.3. The minimum absolute atomic E-state index is 0.143. The van der Waals surface area contributed by atoms with Gasteiger partial charge in [-0.05, 0) is 74.8 Å². The van der Waals surface area contributed by atoms with Gasteiger partial charge in [0, 0.05) is 46.5 Å². The molecule has 5 aromatic rings. The predicted molar refractivity (Wildman–Crippen MR) is 164 cm³/mol. The lowest BCUT2D eigenvalue weighted by Gasteiger charge is -2.32. The molecule has 0 saturated carbocycles. The molecule has 0 amide bonds. The maximum absolute atomic E-state index is 11.6. The van der Waals surface area contributed by atoms with Gasteiger partial charge in [-0.3, -0.25) is 9.88 Å². The van der Waals surface area contributed by atoms with Gasteiger partial charge < -0.3 is 19.1 Å². The molecular weight excluding hydrogens is 566 g/mol. The second kappa shape index (κ2) is 11.9. The molecule has 220 valence electrons. The highest BCUT2D eigenvalue weighted by molar-refractivity contribution is 6.31. The smallest absolute Gasteiger partial charge is 0.335 e. The first-order valence-corrected chi connectivity index (χ1v) is 15.1. The summed E-state index contributed by atoms with van der Waals surface area (Å²) < 4.78 is 14.0. The molecule has 0 bridgehead atoms. The van der Waals surface area contributed by atoms with Gasteiger partial charge >= 0.3 is 5.97 Å². The van der Waals surface area contributed by atoms with E-state index in [2.05, 4.69) is 20.5 Å². The Hall–Kier alpha value is -4.05. The maximum Gasteiger partial charge on any atom is 0.335 e. The summed E-state index contributed by atoms with van der Waals surface area (Å²) in [5.41, 5.74) is 4.79. The summed E-state index contributed by atoms with van der Waals surface area (Å²) in [7, 11) is 0. The molecule has 2 fully saturated rings. The van der Waals surface area contributed by atoms with Crippen molar-refractivity contribution in [1.29, 1.82) is 0 Å². The van der Waals surface area contributed by atoms with Crippen molar-refractivity contribution in [2.75, 3.05) is 19.7 Å². The standard InChI is InChI=1S/C33H32ClN5O4/c34-25-15-22-3-2-11-35-32(22)24(16-25)20-43-31-5-1-4-27(37-31)21-8-12-38(13-9-21)19-30-36-28-7-6-23(33(40)41)17-29(28)39(30)18-26-10-14-42-26/h1-7,11,15-17,21,26H,8-10,12-14,18-20H2,(H,40,41)/t26-/m0/s1. The van der Waals surface area contributed by atoms with Crippen molar-refractivity contribution in [3.63, 3.8) is 0 Å². The van der Waals surface area contributed by atoms with Gasteiger partial charge in [0.15, 0.2) is 0 Å². The van der Waals surface area contributed by atoms with Gasteiger partial charge in [-0.2, -0.15) is 0 Å². The van der Waals surface area contributed by atoms with E-state index in [4.69, 9.17) is 31.0 Å². The van der Waals surface area contributed by atoms with Crippen molar-refractivity contribution < 1.29 is 19.4 Å². The number of ether oxygens (including phenoxy) is 2. The number of benzene rings is 2. The average Bonchev–Trinajstić information content (AvgIpc) is 3.33. The quantitative estimate of drug-likeness (QED) is 0.218. The van der Waals surface area contributed by atoms with E-state index >= 15 is 0 Å². The van der Waals surface area contributed by atoms with Crippen LogP contribution in [0.2, 0.25) is 5.02 Å². The Morgan fingerprint density at radius 1 is 1.05 bits per heavy atom. The second-order valence-electron chi connectivity index (χ2n) is 11.3. The van der Waals surface area contributed by atoms with Crippen molar-refractivity contribution in [2.24, 2.45) is 0 Å². The lowest BCUT2D eigenvalue weighted by Crippen LogP contribution is -2.35. The van der Waals surface area contributed by atoms with Crippen molar-refractivity contribution in [3.8, 4) is 5.88 Å². The van der Waals surface area contributed by atoms with Crippen LogP contribution in [0.4, 0.5) is 0 Å². The van der Waals surface area contributed by atoms with Gasteiger partial charge in [0.05, 0.1) is 41.3 Å². The molecule has 1 N–H and O–H groups in total. The first kappa shape index (κ1) is 27.8. The van der Waals surface area contributed by atoms with Gasteiger partial charge in [0.25, 0.3) is 0 Å². The van der Waals surface area contributed by atoms with E-state index in [1.807, 2.05) is 36.4 Å². The molecular formula is C33H32ClN5O4. The van der Waals surface area contributed by atoms with Crippen LogP contribution in [0.25, 0.3) is 21.9 Å².